The maximum absolute atomic E-state index is 13.2. The number of halogens is 2. The van der Waals surface area contributed by atoms with E-state index in [1.54, 1.807) is 55.7 Å². The van der Waals surface area contributed by atoms with E-state index in [2.05, 4.69) is 4.99 Å². The molecule has 162 valence electrons. The van der Waals surface area contributed by atoms with Gasteiger partial charge in [0.15, 0.2) is 6.61 Å². The molecule has 2 unspecified atom stereocenters. The fraction of sp³-hybridized carbons (Fsp3) is 0.261. The van der Waals surface area contributed by atoms with Crippen LogP contribution in [-0.2, 0) is 4.79 Å². The molecular weight excluding hydrogens is 437 g/mol. The minimum absolute atomic E-state index is 0.0500. The Balaban J connectivity index is 1.95. The summed E-state index contributed by atoms with van der Waals surface area (Å²) in [7, 11) is 1.63. The lowest BCUT2D eigenvalue weighted by Gasteiger charge is -2.24. The van der Waals surface area contributed by atoms with Crippen molar-refractivity contribution in [3.05, 3.63) is 64.2 Å². The highest BCUT2D eigenvalue weighted by Gasteiger charge is 2.24. The summed E-state index contributed by atoms with van der Waals surface area (Å²) in [6, 6.07) is 12.0. The maximum Gasteiger partial charge on any atom is 0.258 e. The zero-order valence-corrected chi connectivity index (χ0v) is 18.9. The van der Waals surface area contributed by atoms with E-state index >= 15 is 0 Å². The number of primary amides is 1. The van der Waals surface area contributed by atoms with Crippen LogP contribution in [0.1, 0.15) is 29.8 Å². The molecule has 0 saturated heterocycles. The first kappa shape index (κ1) is 22.8. The van der Waals surface area contributed by atoms with Crippen molar-refractivity contribution in [3.8, 4) is 5.75 Å². The second kappa shape index (κ2) is 9.54. The molecule has 0 saturated carbocycles. The zero-order chi connectivity index (χ0) is 22.7. The average molecular weight is 460 g/mol. The third-order valence-corrected chi connectivity index (χ3v) is 6.09. The van der Waals surface area contributed by atoms with E-state index in [1.165, 1.54) is 4.90 Å². The van der Waals surface area contributed by atoms with Crippen LogP contribution in [0.4, 0.5) is 5.69 Å². The number of ether oxygens (including phenoxy) is 1. The number of nitrogens with two attached hydrogens (primary N) is 1. The summed E-state index contributed by atoms with van der Waals surface area (Å²) in [6.07, 6.45) is 1.71. The number of benzene rings is 2. The molecule has 2 aromatic carbocycles. The van der Waals surface area contributed by atoms with Crippen molar-refractivity contribution in [2.75, 3.05) is 18.6 Å². The molecule has 2 aromatic rings. The number of rotatable bonds is 6. The standard InChI is InChI=1S/C23H23Cl2N3O3/c1-13-14(2)22(25)27-11-17(13)16-10-15(8-9-18(16)24)23(30)28(3)19-6-4-5-7-20(19)31-12-21(26)29/h4-11,14,22H,12H2,1-3H3,(H2,26,29). The van der Waals surface area contributed by atoms with Crippen LogP contribution in [0.5, 0.6) is 5.75 Å². The molecule has 1 heterocycles. The van der Waals surface area contributed by atoms with Gasteiger partial charge in [0.2, 0.25) is 0 Å². The van der Waals surface area contributed by atoms with E-state index in [-0.39, 0.29) is 23.9 Å². The van der Waals surface area contributed by atoms with Crippen LogP contribution in [0.25, 0.3) is 5.57 Å². The lowest BCUT2D eigenvalue weighted by Crippen LogP contribution is -2.27. The van der Waals surface area contributed by atoms with Gasteiger partial charge in [-0.05, 0) is 37.3 Å². The fourth-order valence-corrected chi connectivity index (χ4v) is 3.75. The molecule has 1 aliphatic heterocycles. The first-order chi connectivity index (χ1) is 14.7. The molecular formula is C23H23Cl2N3O3. The van der Waals surface area contributed by atoms with Gasteiger partial charge in [0.25, 0.3) is 11.8 Å². The first-order valence-corrected chi connectivity index (χ1v) is 10.5. The van der Waals surface area contributed by atoms with Crippen molar-refractivity contribution in [1.29, 1.82) is 0 Å². The molecule has 2 N–H and O–H groups in total. The molecule has 0 fully saturated rings. The van der Waals surface area contributed by atoms with E-state index in [0.29, 0.717) is 22.0 Å². The summed E-state index contributed by atoms with van der Waals surface area (Å²) >= 11 is 12.7. The van der Waals surface area contributed by atoms with Gasteiger partial charge in [-0.15, -0.1) is 0 Å². The number of hydrogen-bond acceptors (Lipinski definition) is 4. The van der Waals surface area contributed by atoms with Crippen LogP contribution < -0.4 is 15.4 Å². The summed E-state index contributed by atoms with van der Waals surface area (Å²) in [5, 5.41) is 0.519. The van der Waals surface area contributed by atoms with Crippen LogP contribution >= 0.6 is 23.2 Å². The molecule has 0 bridgehead atoms. The van der Waals surface area contributed by atoms with Gasteiger partial charge in [-0.2, -0.15) is 0 Å². The van der Waals surface area contributed by atoms with Gasteiger partial charge in [0.1, 0.15) is 11.3 Å². The van der Waals surface area contributed by atoms with E-state index in [1.807, 2.05) is 13.8 Å². The Bertz CT molecular complexity index is 1080. The van der Waals surface area contributed by atoms with Gasteiger partial charge >= 0.3 is 0 Å². The molecule has 0 aliphatic carbocycles. The first-order valence-electron chi connectivity index (χ1n) is 9.66. The molecule has 6 nitrogen and oxygen atoms in total. The highest BCUT2D eigenvalue weighted by Crippen LogP contribution is 2.35. The lowest BCUT2D eigenvalue weighted by atomic mass is 9.90. The quantitative estimate of drug-likeness (QED) is 0.508. The number of dihydropyridines is 1. The highest BCUT2D eigenvalue weighted by molar-refractivity contribution is 6.34. The largest absolute Gasteiger partial charge is 0.482 e. The van der Waals surface area contributed by atoms with Crippen molar-refractivity contribution in [2.24, 2.45) is 16.6 Å². The Labute approximate surface area is 191 Å². The van der Waals surface area contributed by atoms with Crippen LogP contribution in [0.15, 0.2) is 53.0 Å². The second-order valence-corrected chi connectivity index (χ2v) is 8.17. The molecule has 1 aliphatic rings. The lowest BCUT2D eigenvalue weighted by molar-refractivity contribution is -0.119. The number of allylic oxidation sites excluding steroid dienone is 1. The Morgan fingerprint density at radius 2 is 1.94 bits per heavy atom. The molecule has 0 spiro atoms. The van der Waals surface area contributed by atoms with Crippen LogP contribution in [0, 0.1) is 5.92 Å². The van der Waals surface area contributed by atoms with Crippen molar-refractivity contribution >= 4 is 52.5 Å². The van der Waals surface area contributed by atoms with Crippen LogP contribution in [0.3, 0.4) is 0 Å². The summed E-state index contributed by atoms with van der Waals surface area (Å²) in [6.45, 7) is 3.71. The van der Waals surface area contributed by atoms with E-state index in [0.717, 1.165) is 16.7 Å². The number of para-hydroxylation sites is 2. The second-order valence-electron chi connectivity index (χ2n) is 7.32. The van der Waals surface area contributed by atoms with Crippen molar-refractivity contribution < 1.29 is 14.3 Å². The van der Waals surface area contributed by atoms with Gasteiger partial charge in [-0.3, -0.25) is 14.6 Å². The van der Waals surface area contributed by atoms with Gasteiger partial charge in [0.05, 0.1) is 5.69 Å². The molecule has 2 amide bonds. The number of nitrogens with zero attached hydrogens (tertiary/aromatic N) is 2. The van der Waals surface area contributed by atoms with Crippen LogP contribution in [0.2, 0.25) is 5.02 Å². The number of alkyl halides is 1. The Morgan fingerprint density at radius 3 is 2.65 bits per heavy atom. The van der Waals surface area contributed by atoms with Crippen LogP contribution in [-0.4, -0.2) is 37.2 Å². The summed E-state index contributed by atoms with van der Waals surface area (Å²) in [4.78, 5) is 30.1. The van der Waals surface area contributed by atoms with Gasteiger partial charge in [-0.25, -0.2) is 0 Å². The number of carbonyl (C=O) groups is 2. The maximum atomic E-state index is 13.2. The third kappa shape index (κ3) is 4.92. The van der Waals surface area contributed by atoms with Crippen molar-refractivity contribution in [3.63, 3.8) is 0 Å². The number of amides is 2. The zero-order valence-electron chi connectivity index (χ0n) is 17.4. The molecule has 3 rings (SSSR count). The molecule has 0 aromatic heterocycles. The SMILES string of the molecule is CC1=C(c2cc(C(=O)N(C)c3ccccc3OCC(N)=O)ccc2Cl)C=NC(Cl)C1C. The average Bonchev–Trinajstić information content (AvgIpc) is 2.76. The van der Waals surface area contributed by atoms with Gasteiger partial charge < -0.3 is 15.4 Å². The number of anilines is 1. The Morgan fingerprint density at radius 1 is 1.23 bits per heavy atom. The van der Waals surface area contributed by atoms with Gasteiger partial charge in [0, 0.05) is 40.9 Å². The molecule has 31 heavy (non-hydrogen) atoms. The van der Waals surface area contributed by atoms with Gasteiger partial charge in [-0.1, -0.05) is 47.8 Å². The Hall–Kier alpha value is -2.83. The monoisotopic (exact) mass is 459 g/mol. The minimum Gasteiger partial charge on any atom is -0.482 e. The normalized spacial score (nSPS) is 18.1. The Kier molecular flexibility index (Phi) is 7.03. The van der Waals surface area contributed by atoms with Crippen molar-refractivity contribution in [2.45, 2.75) is 19.3 Å². The van der Waals surface area contributed by atoms with E-state index < -0.39 is 5.91 Å². The highest BCUT2D eigenvalue weighted by atomic mass is 35.5. The number of carbonyl (C=O) groups excluding carboxylic acids is 2. The summed E-state index contributed by atoms with van der Waals surface area (Å²) in [5.74, 6) is -0.431. The summed E-state index contributed by atoms with van der Waals surface area (Å²) < 4.78 is 5.45. The number of hydrogen-bond donors (Lipinski definition) is 1. The number of aliphatic imine (C=N–C) groups is 1. The summed E-state index contributed by atoms with van der Waals surface area (Å²) in [5.41, 5.74) is 8.43. The fourth-order valence-electron chi connectivity index (χ4n) is 3.28. The predicted octanol–water partition coefficient (Wildman–Crippen LogP) is 4.54. The third-order valence-electron chi connectivity index (χ3n) is 5.27. The van der Waals surface area contributed by atoms with E-state index in [9.17, 15) is 9.59 Å². The van der Waals surface area contributed by atoms with E-state index in [4.69, 9.17) is 33.7 Å². The predicted molar refractivity (Wildman–Crippen MR) is 125 cm³/mol. The smallest absolute Gasteiger partial charge is 0.258 e. The minimum atomic E-state index is -0.600. The van der Waals surface area contributed by atoms with Crippen molar-refractivity contribution in [1.82, 2.24) is 0 Å². The molecule has 8 heteroatoms. The molecule has 0 radical (unpaired) electrons. The molecule has 2 atom stereocenters. The topological polar surface area (TPSA) is 85.0 Å².